The van der Waals surface area contributed by atoms with Gasteiger partial charge in [0.15, 0.2) is 0 Å². The first-order valence-electron chi connectivity index (χ1n) is 6.12. The molecule has 2 N–H and O–H groups in total. The van der Waals surface area contributed by atoms with Crippen LogP contribution >= 0.6 is 11.6 Å². The van der Waals surface area contributed by atoms with Gasteiger partial charge in [-0.2, -0.15) is 0 Å². The lowest BCUT2D eigenvalue weighted by Gasteiger charge is -2.08. The molecule has 2 aromatic carbocycles. The second-order valence-corrected chi connectivity index (χ2v) is 4.83. The summed E-state index contributed by atoms with van der Waals surface area (Å²) in [7, 11) is 0. The molecule has 0 aliphatic carbocycles. The number of halogens is 3. The third-order valence-electron chi connectivity index (χ3n) is 2.91. The van der Waals surface area contributed by atoms with E-state index in [4.69, 9.17) is 16.7 Å². The van der Waals surface area contributed by atoms with Crippen LogP contribution in [0.3, 0.4) is 0 Å². The zero-order valence-corrected chi connectivity index (χ0v) is 11.6. The Morgan fingerprint density at radius 2 is 1.90 bits per heavy atom. The second-order valence-electron chi connectivity index (χ2n) is 4.39. The highest BCUT2D eigenvalue weighted by Crippen LogP contribution is 2.15. The first-order chi connectivity index (χ1) is 10.0. The summed E-state index contributed by atoms with van der Waals surface area (Å²) in [6.07, 6.45) is 0. The van der Waals surface area contributed by atoms with Crippen LogP contribution in [0.2, 0.25) is 5.02 Å². The zero-order valence-electron chi connectivity index (χ0n) is 10.9. The topological polar surface area (TPSA) is 49.3 Å². The molecule has 0 saturated heterocycles. The van der Waals surface area contributed by atoms with Crippen molar-refractivity contribution in [2.24, 2.45) is 0 Å². The number of aliphatic hydroxyl groups is 1. The Morgan fingerprint density at radius 1 is 1.14 bits per heavy atom. The molecule has 21 heavy (non-hydrogen) atoms. The maximum Gasteiger partial charge on any atom is 0.254 e. The maximum absolute atomic E-state index is 13.6. The molecule has 110 valence electrons. The van der Waals surface area contributed by atoms with Crippen molar-refractivity contribution in [2.45, 2.75) is 13.2 Å². The fourth-order valence-corrected chi connectivity index (χ4v) is 1.97. The minimum atomic E-state index is -0.713. The molecule has 0 radical (unpaired) electrons. The zero-order chi connectivity index (χ0) is 15.4. The molecule has 0 spiro atoms. The van der Waals surface area contributed by atoms with E-state index in [1.807, 2.05) is 0 Å². The van der Waals surface area contributed by atoms with Crippen molar-refractivity contribution in [1.29, 1.82) is 0 Å². The molecule has 0 aliphatic rings. The van der Waals surface area contributed by atoms with Crippen LogP contribution in [0, 0.1) is 11.6 Å². The maximum atomic E-state index is 13.6. The normalized spacial score (nSPS) is 10.5. The Hall–Kier alpha value is -1.98. The van der Waals surface area contributed by atoms with Gasteiger partial charge < -0.3 is 10.4 Å². The second kappa shape index (κ2) is 6.65. The minimum Gasteiger partial charge on any atom is -0.392 e. The van der Waals surface area contributed by atoms with Gasteiger partial charge in [0.05, 0.1) is 12.2 Å². The van der Waals surface area contributed by atoms with Gasteiger partial charge in [-0.15, -0.1) is 0 Å². The van der Waals surface area contributed by atoms with Crippen LogP contribution in [0.5, 0.6) is 0 Å². The van der Waals surface area contributed by atoms with Gasteiger partial charge in [0.1, 0.15) is 11.6 Å². The van der Waals surface area contributed by atoms with Gasteiger partial charge in [0.25, 0.3) is 5.91 Å². The van der Waals surface area contributed by atoms with Crippen LogP contribution in [0.4, 0.5) is 8.78 Å². The summed E-state index contributed by atoms with van der Waals surface area (Å²) < 4.78 is 26.8. The molecule has 0 unspecified atom stereocenters. The smallest absolute Gasteiger partial charge is 0.254 e. The van der Waals surface area contributed by atoms with E-state index in [1.165, 1.54) is 30.3 Å². The first-order valence-corrected chi connectivity index (χ1v) is 6.50. The number of nitrogens with one attached hydrogen (secondary N) is 1. The van der Waals surface area contributed by atoms with Gasteiger partial charge in [-0.05, 0) is 35.9 Å². The first kappa shape index (κ1) is 15.4. The van der Waals surface area contributed by atoms with E-state index >= 15 is 0 Å². The van der Waals surface area contributed by atoms with Crippen LogP contribution in [0.15, 0.2) is 36.4 Å². The summed E-state index contributed by atoms with van der Waals surface area (Å²) >= 11 is 5.61. The third-order valence-corrected chi connectivity index (χ3v) is 3.14. The molecule has 0 aliphatic heterocycles. The predicted octanol–water partition coefficient (Wildman–Crippen LogP) is 3.04. The van der Waals surface area contributed by atoms with E-state index in [1.54, 1.807) is 0 Å². The van der Waals surface area contributed by atoms with E-state index < -0.39 is 24.1 Å². The number of amides is 1. The number of carbonyl (C=O) groups excluding carboxylic acids is 1. The molecule has 0 aromatic heterocycles. The van der Waals surface area contributed by atoms with Crippen molar-refractivity contribution in [3.05, 3.63) is 69.7 Å². The highest BCUT2D eigenvalue weighted by molar-refractivity contribution is 6.30. The van der Waals surface area contributed by atoms with Gasteiger partial charge in [-0.1, -0.05) is 17.7 Å². The van der Waals surface area contributed by atoms with E-state index in [2.05, 4.69) is 5.32 Å². The van der Waals surface area contributed by atoms with E-state index in [0.29, 0.717) is 5.56 Å². The van der Waals surface area contributed by atoms with Gasteiger partial charge in [-0.25, -0.2) is 8.78 Å². The van der Waals surface area contributed by atoms with Crippen molar-refractivity contribution in [2.75, 3.05) is 0 Å². The van der Waals surface area contributed by atoms with Crippen molar-refractivity contribution >= 4 is 17.5 Å². The molecular weight excluding hydrogens is 300 g/mol. The molecule has 6 heteroatoms. The lowest BCUT2D eigenvalue weighted by molar-refractivity contribution is 0.0947. The Bertz CT molecular complexity index is 677. The standard InChI is InChI=1S/C15H12ClF2NO2/c16-11-2-3-12(14(18)6-11)15(21)19-7-9-1-4-13(17)10(5-9)8-20/h1-6,20H,7-8H2,(H,19,21). The van der Waals surface area contributed by atoms with Crippen molar-refractivity contribution in [3.8, 4) is 0 Å². The average Bonchev–Trinajstić information content (AvgIpc) is 2.46. The summed E-state index contributed by atoms with van der Waals surface area (Å²) in [5.74, 6) is -1.83. The summed E-state index contributed by atoms with van der Waals surface area (Å²) in [5.41, 5.74) is 0.617. The Balaban J connectivity index is 2.07. The van der Waals surface area contributed by atoms with Crippen LogP contribution in [0.1, 0.15) is 21.5 Å². The van der Waals surface area contributed by atoms with Gasteiger partial charge in [-0.3, -0.25) is 4.79 Å². The third kappa shape index (κ3) is 3.77. The molecule has 2 rings (SSSR count). The van der Waals surface area contributed by atoms with Gasteiger partial charge in [0.2, 0.25) is 0 Å². The summed E-state index contributed by atoms with van der Waals surface area (Å²) in [6, 6.07) is 7.88. The van der Waals surface area contributed by atoms with E-state index in [9.17, 15) is 13.6 Å². The SMILES string of the molecule is O=C(NCc1ccc(F)c(CO)c1)c1ccc(Cl)cc1F. The summed E-state index contributed by atoms with van der Waals surface area (Å²) in [4.78, 5) is 11.9. The van der Waals surface area contributed by atoms with Crippen LogP contribution in [-0.4, -0.2) is 11.0 Å². The lowest BCUT2D eigenvalue weighted by atomic mass is 10.1. The predicted molar refractivity (Wildman–Crippen MR) is 74.9 cm³/mol. The summed E-state index contributed by atoms with van der Waals surface area (Å²) in [6.45, 7) is -0.340. The lowest BCUT2D eigenvalue weighted by Crippen LogP contribution is -2.23. The fourth-order valence-electron chi connectivity index (χ4n) is 1.81. The molecule has 0 fully saturated rings. The molecule has 0 heterocycles. The number of rotatable bonds is 4. The average molecular weight is 312 g/mol. The highest BCUT2D eigenvalue weighted by atomic mass is 35.5. The molecule has 0 saturated carbocycles. The Kier molecular flexibility index (Phi) is 4.88. The highest BCUT2D eigenvalue weighted by Gasteiger charge is 2.12. The molecule has 0 atom stereocenters. The van der Waals surface area contributed by atoms with Crippen molar-refractivity contribution in [3.63, 3.8) is 0 Å². The number of benzene rings is 2. The number of hydrogen-bond acceptors (Lipinski definition) is 2. The Labute approximate surface area is 125 Å². The van der Waals surface area contributed by atoms with Crippen LogP contribution in [0.25, 0.3) is 0 Å². The molecule has 2 aromatic rings. The molecule has 3 nitrogen and oxygen atoms in total. The monoisotopic (exact) mass is 311 g/mol. The van der Waals surface area contributed by atoms with Gasteiger partial charge in [0, 0.05) is 17.1 Å². The van der Waals surface area contributed by atoms with Crippen LogP contribution < -0.4 is 5.32 Å². The number of aliphatic hydroxyl groups excluding tert-OH is 1. The van der Waals surface area contributed by atoms with Gasteiger partial charge >= 0.3 is 0 Å². The minimum absolute atomic E-state index is 0.0914. The largest absolute Gasteiger partial charge is 0.392 e. The van der Waals surface area contributed by atoms with E-state index in [-0.39, 0.29) is 22.7 Å². The molecule has 1 amide bonds. The Morgan fingerprint density at radius 3 is 2.57 bits per heavy atom. The summed E-state index contributed by atoms with van der Waals surface area (Å²) in [5, 5.41) is 11.7. The van der Waals surface area contributed by atoms with Crippen molar-refractivity contribution in [1.82, 2.24) is 5.32 Å². The number of hydrogen-bond donors (Lipinski definition) is 2. The quantitative estimate of drug-likeness (QED) is 0.912. The van der Waals surface area contributed by atoms with Crippen LogP contribution in [-0.2, 0) is 13.2 Å². The van der Waals surface area contributed by atoms with Crippen molar-refractivity contribution < 1.29 is 18.7 Å². The fraction of sp³-hybridized carbons (Fsp3) is 0.133. The van der Waals surface area contributed by atoms with E-state index in [0.717, 1.165) is 6.07 Å². The molecular formula is C15H12ClF2NO2. The number of carbonyl (C=O) groups is 1. The molecule has 0 bridgehead atoms.